The second-order valence-electron chi connectivity index (χ2n) is 7.59. The molecule has 1 heterocycles. The molecule has 0 fully saturated rings. The number of aryl methyl sites for hydroxylation is 6. The Labute approximate surface area is 194 Å². The highest BCUT2D eigenvalue weighted by Crippen LogP contribution is 2.07. The summed E-state index contributed by atoms with van der Waals surface area (Å²) in [4.78, 5) is 0. The van der Waals surface area contributed by atoms with E-state index in [1.54, 1.807) is 11.3 Å². The average Bonchev–Trinajstić information content (AvgIpc) is 3.27. The van der Waals surface area contributed by atoms with Gasteiger partial charge in [-0.15, -0.1) is 0 Å². The predicted molar refractivity (Wildman–Crippen MR) is 141 cm³/mol. The minimum absolute atomic E-state index is 0.320. The van der Waals surface area contributed by atoms with E-state index in [0.717, 1.165) is 5.30 Å². The third-order valence-electron chi connectivity index (χ3n) is 4.05. The van der Waals surface area contributed by atoms with Crippen LogP contribution in [-0.4, -0.2) is 0 Å². The van der Waals surface area contributed by atoms with Gasteiger partial charge in [-0.2, -0.15) is 11.3 Å². The molecule has 1 unspecified atom stereocenters. The number of rotatable bonds is 1. The summed E-state index contributed by atoms with van der Waals surface area (Å²) < 4.78 is 10.2. The van der Waals surface area contributed by atoms with Gasteiger partial charge < -0.3 is 0 Å². The van der Waals surface area contributed by atoms with Crippen LogP contribution in [-0.2, 0) is 4.57 Å². The van der Waals surface area contributed by atoms with Crippen molar-refractivity contribution in [2.75, 3.05) is 0 Å². The lowest BCUT2D eigenvalue weighted by Crippen LogP contribution is -1.84. The number of hydrogen-bond donors (Lipinski definition) is 0. The summed E-state index contributed by atoms with van der Waals surface area (Å²) in [5.41, 5.74) is 8.13. The minimum Gasteiger partial charge on any atom is -0.152 e. The molecule has 1 aromatic heterocycles. The lowest BCUT2D eigenvalue weighted by Gasteiger charge is -1.96. The zero-order valence-electron chi connectivity index (χ0n) is 19.5. The third kappa shape index (κ3) is 13.4. The smallest absolute Gasteiger partial charge is 0.152 e. The lowest BCUT2D eigenvalue weighted by molar-refractivity contribution is 0.603. The van der Waals surface area contributed by atoms with Gasteiger partial charge in [-0.3, -0.25) is 0 Å². The van der Waals surface area contributed by atoms with E-state index in [1.807, 2.05) is 53.2 Å². The largest absolute Gasteiger partial charge is 0.363 e. The molecule has 0 spiro atoms. The molecule has 0 aliphatic rings. The first kappa shape index (κ1) is 26.5. The highest BCUT2D eigenvalue weighted by atomic mass is 32.1. The van der Waals surface area contributed by atoms with Crippen molar-refractivity contribution < 1.29 is 4.57 Å². The van der Waals surface area contributed by atoms with Crippen LogP contribution in [0.2, 0.25) is 0 Å². The Balaban J connectivity index is 0.000000211. The van der Waals surface area contributed by atoms with Crippen molar-refractivity contribution >= 4 is 25.1 Å². The summed E-state index contributed by atoms with van der Waals surface area (Å²) >= 11 is 1.71. The van der Waals surface area contributed by atoms with E-state index in [4.69, 9.17) is 0 Å². The summed E-state index contributed by atoms with van der Waals surface area (Å²) in [6, 6.07) is 26.5. The Hall–Kier alpha value is -2.54. The van der Waals surface area contributed by atoms with Gasteiger partial charge in [0.1, 0.15) is 0 Å². The van der Waals surface area contributed by atoms with E-state index in [1.165, 1.54) is 33.4 Å². The predicted octanol–water partition coefficient (Wildman–Crippen LogP) is 8.31. The van der Waals surface area contributed by atoms with Gasteiger partial charge in [0.2, 0.25) is 0 Å². The van der Waals surface area contributed by atoms with E-state index in [2.05, 4.69) is 77.9 Å². The van der Waals surface area contributed by atoms with Gasteiger partial charge in [0.15, 0.2) is 5.30 Å². The standard InChI is InChI=1S/2C9H12.C6H5OP.C4H4S/c2*1-7-4-8(2)6-9(3)5-7;7-8-6-4-2-1-3-5-6;1-2-4-5-3-1/h2*4-6H,1-3H3;1-5H;1-4H/p+1. The molecule has 4 aromatic rings. The highest BCUT2D eigenvalue weighted by molar-refractivity contribution is 7.34. The Morgan fingerprint density at radius 1 is 0.516 bits per heavy atom. The van der Waals surface area contributed by atoms with Crippen LogP contribution in [0.15, 0.2) is 89.6 Å². The molecule has 0 aliphatic heterocycles. The molecular weight excluding hydrogens is 415 g/mol. The first-order chi connectivity index (χ1) is 14.8. The van der Waals surface area contributed by atoms with Crippen LogP contribution in [0.4, 0.5) is 0 Å². The average molecular weight is 450 g/mol. The van der Waals surface area contributed by atoms with Crippen LogP contribution >= 0.6 is 19.8 Å². The van der Waals surface area contributed by atoms with Crippen molar-refractivity contribution in [1.82, 2.24) is 0 Å². The maximum absolute atomic E-state index is 10.2. The van der Waals surface area contributed by atoms with Crippen molar-refractivity contribution in [2.24, 2.45) is 0 Å². The molecule has 0 aliphatic carbocycles. The molecule has 1 nitrogen and oxygen atoms in total. The SMILES string of the molecule is Cc1cc(C)cc(C)c1.Cc1cc(C)cc(C)c1.O=[PH+]c1ccccc1.c1ccsc1. The summed E-state index contributed by atoms with van der Waals surface area (Å²) in [5.74, 6) is 0. The second-order valence-corrected chi connectivity index (χ2v) is 9.19. The maximum Gasteiger partial charge on any atom is 0.363 e. The summed E-state index contributed by atoms with van der Waals surface area (Å²) in [6.45, 7) is 12.8. The van der Waals surface area contributed by atoms with Gasteiger partial charge in [0, 0.05) is 0 Å². The quantitative estimate of drug-likeness (QED) is 0.267. The third-order valence-corrected chi connectivity index (χ3v) is 5.25. The first-order valence-electron chi connectivity index (χ1n) is 10.3. The normalized spacial score (nSPS) is 9.35. The molecular formula is C28H34OPS+. The van der Waals surface area contributed by atoms with Gasteiger partial charge in [-0.1, -0.05) is 105 Å². The Kier molecular flexibility index (Phi) is 13.1. The van der Waals surface area contributed by atoms with Crippen LogP contribution in [0, 0.1) is 41.5 Å². The Bertz CT molecular complexity index is 841. The molecule has 3 aromatic carbocycles. The summed E-state index contributed by atoms with van der Waals surface area (Å²) in [5, 5.41) is 4.97. The Morgan fingerprint density at radius 2 is 0.839 bits per heavy atom. The second kappa shape index (κ2) is 15.3. The van der Waals surface area contributed by atoms with Crippen LogP contribution < -0.4 is 5.30 Å². The molecule has 1 atom stereocenters. The molecule has 4 rings (SSSR count). The maximum atomic E-state index is 10.2. The van der Waals surface area contributed by atoms with Crippen molar-refractivity contribution in [3.8, 4) is 0 Å². The number of hydrogen-bond acceptors (Lipinski definition) is 2. The Morgan fingerprint density at radius 3 is 1.03 bits per heavy atom. The van der Waals surface area contributed by atoms with Crippen molar-refractivity contribution in [3.05, 3.63) is 123 Å². The zero-order valence-corrected chi connectivity index (χ0v) is 21.3. The fourth-order valence-electron chi connectivity index (χ4n) is 3.14. The fourth-order valence-corrected chi connectivity index (χ4v) is 3.92. The van der Waals surface area contributed by atoms with Gasteiger partial charge >= 0.3 is 8.46 Å². The topological polar surface area (TPSA) is 17.1 Å². The molecule has 31 heavy (non-hydrogen) atoms. The van der Waals surface area contributed by atoms with E-state index in [-0.39, 0.29) is 8.46 Å². The fraction of sp³-hybridized carbons (Fsp3) is 0.214. The summed E-state index contributed by atoms with van der Waals surface area (Å²) in [7, 11) is -0.320. The first-order valence-corrected chi connectivity index (χ1v) is 12.2. The molecule has 0 radical (unpaired) electrons. The summed E-state index contributed by atoms with van der Waals surface area (Å²) in [6.07, 6.45) is 0. The van der Waals surface area contributed by atoms with E-state index in [9.17, 15) is 4.57 Å². The molecule has 0 saturated carbocycles. The van der Waals surface area contributed by atoms with Crippen molar-refractivity contribution in [2.45, 2.75) is 41.5 Å². The van der Waals surface area contributed by atoms with Crippen molar-refractivity contribution in [1.29, 1.82) is 0 Å². The molecule has 162 valence electrons. The van der Waals surface area contributed by atoms with Gasteiger partial charge in [-0.05, 0) is 64.4 Å². The van der Waals surface area contributed by atoms with Gasteiger partial charge in [-0.25, -0.2) is 0 Å². The van der Waals surface area contributed by atoms with Crippen LogP contribution in [0.25, 0.3) is 0 Å². The van der Waals surface area contributed by atoms with E-state index < -0.39 is 0 Å². The van der Waals surface area contributed by atoms with Crippen LogP contribution in [0.1, 0.15) is 33.4 Å². The number of benzene rings is 3. The molecule has 0 N–H and O–H groups in total. The van der Waals surface area contributed by atoms with E-state index >= 15 is 0 Å². The lowest BCUT2D eigenvalue weighted by atomic mass is 10.1. The van der Waals surface area contributed by atoms with Crippen LogP contribution in [0.3, 0.4) is 0 Å². The zero-order chi connectivity index (χ0) is 23.1. The van der Waals surface area contributed by atoms with E-state index in [0.29, 0.717) is 0 Å². The number of thiophene rings is 1. The molecule has 0 bridgehead atoms. The van der Waals surface area contributed by atoms with Gasteiger partial charge in [0.05, 0.1) is 0 Å². The molecule has 3 heteroatoms. The monoisotopic (exact) mass is 449 g/mol. The minimum atomic E-state index is -0.320. The van der Waals surface area contributed by atoms with Crippen molar-refractivity contribution in [3.63, 3.8) is 0 Å². The molecule has 0 amide bonds. The van der Waals surface area contributed by atoms with Gasteiger partial charge in [0.25, 0.3) is 0 Å². The van der Waals surface area contributed by atoms with Crippen LogP contribution in [0.5, 0.6) is 0 Å². The highest BCUT2D eigenvalue weighted by Gasteiger charge is 1.92. The molecule has 0 saturated heterocycles.